The first-order valence-electron chi connectivity index (χ1n) is 10.7. The maximum Gasteiger partial charge on any atom is 0.339 e. The van der Waals surface area contributed by atoms with Gasteiger partial charge < -0.3 is 4.74 Å². The van der Waals surface area contributed by atoms with Crippen molar-refractivity contribution in [1.29, 1.82) is 0 Å². The molecule has 30 heavy (non-hydrogen) atoms. The molecule has 0 unspecified atom stereocenters. The Hall–Kier alpha value is -2.25. The van der Waals surface area contributed by atoms with Crippen LogP contribution < -0.4 is 0 Å². The van der Waals surface area contributed by atoms with Crippen LogP contribution in [-0.2, 0) is 16.6 Å². The summed E-state index contributed by atoms with van der Waals surface area (Å²) in [6.45, 7) is 13.7. The molecule has 1 aromatic carbocycles. The van der Waals surface area contributed by atoms with Crippen molar-refractivity contribution in [1.82, 2.24) is 4.98 Å². The lowest BCUT2D eigenvalue weighted by Crippen LogP contribution is -2.33. The lowest BCUT2D eigenvalue weighted by atomic mass is 9.76. The highest BCUT2D eigenvalue weighted by Gasteiger charge is 2.38. The van der Waals surface area contributed by atoms with Gasteiger partial charge in [0.15, 0.2) is 0 Å². The second-order valence-corrected chi connectivity index (χ2v) is 10.8. The van der Waals surface area contributed by atoms with E-state index < -0.39 is 0 Å². The Morgan fingerprint density at radius 1 is 1.17 bits per heavy atom. The smallest absolute Gasteiger partial charge is 0.339 e. The Bertz CT molecular complexity index is 994. The Labute approximate surface area is 185 Å². The van der Waals surface area contributed by atoms with Crippen molar-refractivity contribution < 1.29 is 9.53 Å². The molecule has 0 atom stereocenters. The molecule has 3 rings (SSSR count). The largest absolute Gasteiger partial charge is 0.462 e. The Morgan fingerprint density at radius 3 is 2.57 bits per heavy atom. The molecule has 0 saturated carbocycles. The Balaban J connectivity index is 1.96. The maximum atomic E-state index is 11.8. The number of carbonyl (C=O) groups is 1. The second kappa shape index (κ2) is 8.86. The van der Waals surface area contributed by atoms with E-state index in [0.29, 0.717) is 17.9 Å². The molecule has 0 fully saturated rings. The Morgan fingerprint density at radius 2 is 1.93 bits per heavy atom. The third kappa shape index (κ3) is 5.08. The maximum absolute atomic E-state index is 11.8. The lowest BCUT2D eigenvalue weighted by molar-refractivity contribution is 0.0526. The summed E-state index contributed by atoms with van der Waals surface area (Å²) in [5.74, 6) is 6.19. The van der Waals surface area contributed by atoms with Crippen LogP contribution in [0.1, 0.15) is 87.1 Å². The van der Waals surface area contributed by atoms with Gasteiger partial charge in [-0.1, -0.05) is 47.0 Å². The van der Waals surface area contributed by atoms with Crippen molar-refractivity contribution in [3.05, 3.63) is 58.4 Å². The summed E-state index contributed by atoms with van der Waals surface area (Å²) < 4.78 is 5.24. The fourth-order valence-electron chi connectivity index (χ4n) is 4.26. The minimum Gasteiger partial charge on any atom is -0.462 e. The highest BCUT2D eigenvalue weighted by atomic mass is 32.2. The van der Waals surface area contributed by atoms with Crippen LogP contribution in [0, 0.1) is 11.8 Å². The molecule has 3 nitrogen and oxygen atoms in total. The first-order valence-corrected chi connectivity index (χ1v) is 11.5. The molecule has 0 amide bonds. The summed E-state index contributed by atoms with van der Waals surface area (Å²) in [4.78, 5) is 17.5. The molecular formula is C26H31NO2S. The fourth-order valence-corrected chi connectivity index (χ4v) is 5.93. The van der Waals surface area contributed by atoms with E-state index >= 15 is 0 Å². The molecule has 0 N–H and O–H groups in total. The van der Waals surface area contributed by atoms with E-state index in [9.17, 15) is 4.79 Å². The third-order valence-corrected chi connectivity index (χ3v) is 6.56. The van der Waals surface area contributed by atoms with Crippen molar-refractivity contribution in [2.24, 2.45) is 0 Å². The number of ether oxygens (including phenoxy) is 1. The van der Waals surface area contributed by atoms with Gasteiger partial charge in [-0.3, -0.25) is 0 Å². The average molecular weight is 422 g/mol. The van der Waals surface area contributed by atoms with Crippen molar-refractivity contribution in [3.63, 3.8) is 0 Å². The molecule has 0 radical (unpaired) electrons. The zero-order valence-corrected chi connectivity index (χ0v) is 19.7. The van der Waals surface area contributed by atoms with Gasteiger partial charge in [-0.2, -0.15) is 0 Å². The quantitative estimate of drug-likeness (QED) is 0.438. The number of carbonyl (C=O) groups excluding carboxylic acids is 1. The molecule has 0 aliphatic carbocycles. The summed E-state index contributed by atoms with van der Waals surface area (Å²) in [5.41, 5.74) is 4.99. The molecule has 2 aromatic rings. The van der Waals surface area contributed by atoms with Crippen molar-refractivity contribution in [2.75, 3.05) is 6.61 Å². The van der Waals surface area contributed by atoms with Crippen LogP contribution in [0.3, 0.4) is 0 Å². The minimum atomic E-state index is -0.355. The van der Waals surface area contributed by atoms with Crippen LogP contribution in [0.5, 0.6) is 0 Å². The number of thioether (sulfide) groups is 1. The number of aryl methyl sites for hydroxylation is 1. The fraction of sp³-hybridized carbons (Fsp3) is 0.462. The zero-order chi connectivity index (χ0) is 21.9. The minimum absolute atomic E-state index is 0.116. The monoisotopic (exact) mass is 421 g/mol. The summed E-state index contributed by atoms with van der Waals surface area (Å²) in [5, 5.41) is 0. The van der Waals surface area contributed by atoms with E-state index in [2.05, 4.69) is 63.6 Å². The van der Waals surface area contributed by atoms with Crippen molar-refractivity contribution in [2.45, 2.75) is 75.9 Å². The van der Waals surface area contributed by atoms with E-state index in [-0.39, 0.29) is 16.1 Å². The number of benzene rings is 1. The number of hydrogen-bond donors (Lipinski definition) is 0. The van der Waals surface area contributed by atoms with Crippen molar-refractivity contribution in [3.8, 4) is 11.8 Å². The van der Waals surface area contributed by atoms with E-state index in [0.717, 1.165) is 24.8 Å². The van der Waals surface area contributed by atoms with Gasteiger partial charge >= 0.3 is 5.97 Å². The van der Waals surface area contributed by atoms with Crippen LogP contribution in [0.2, 0.25) is 0 Å². The molecule has 4 heteroatoms. The van der Waals surface area contributed by atoms with Crippen LogP contribution >= 0.6 is 11.8 Å². The Kier molecular flexibility index (Phi) is 6.62. The van der Waals surface area contributed by atoms with Gasteiger partial charge in [0.25, 0.3) is 0 Å². The van der Waals surface area contributed by atoms with Gasteiger partial charge in [0.1, 0.15) is 5.69 Å². The van der Waals surface area contributed by atoms with Gasteiger partial charge in [0, 0.05) is 21.4 Å². The van der Waals surface area contributed by atoms with Gasteiger partial charge in [-0.15, -0.1) is 11.8 Å². The number of esters is 1. The zero-order valence-electron chi connectivity index (χ0n) is 18.9. The summed E-state index contributed by atoms with van der Waals surface area (Å²) in [6, 6.07) is 8.14. The molecule has 158 valence electrons. The van der Waals surface area contributed by atoms with Crippen LogP contribution in [0.25, 0.3) is 0 Å². The molecule has 0 saturated heterocycles. The second-order valence-electron chi connectivity index (χ2n) is 9.08. The van der Waals surface area contributed by atoms with Gasteiger partial charge in [-0.05, 0) is 66.5 Å². The highest BCUT2D eigenvalue weighted by molar-refractivity contribution is 8.00. The van der Waals surface area contributed by atoms with E-state index in [4.69, 9.17) is 4.74 Å². The van der Waals surface area contributed by atoms with Gasteiger partial charge in [0.05, 0.1) is 12.2 Å². The van der Waals surface area contributed by atoms with Crippen molar-refractivity contribution >= 4 is 17.7 Å². The SMILES string of the molecule is CCCc1cc2c(cc1C#Cc1ccc(C(=O)OCC)cn1)C(C)(C)CC(C)(C)S2. The summed E-state index contributed by atoms with van der Waals surface area (Å²) in [7, 11) is 0. The predicted octanol–water partition coefficient (Wildman–Crippen LogP) is 6.16. The summed E-state index contributed by atoms with van der Waals surface area (Å²) >= 11 is 1.98. The number of pyridine rings is 1. The highest BCUT2D eigenvalue weighted by Crippen LogP contribution is 2.51. The normalized spacial score (nSPS) is 16.2. The topological polar surface area (TPSA) is 39.2 Å². The number of rotatable bonds is 4. The van der Waals surface area contributed by atoms with Crippen LogP contribution in [0.15, 0.2) is 35.4 Å². The average Bonchev–Trinajstić information content (AvgIpc) is 2.66. The molecule has 0 bridgehead atoms. The molecule has 0 spiro atoms. The first kappa shape index (κ1) is 22.4. The summed E-state index contributed by atoms with van der Waals surface area (Å²) in [6.07, 6.45) is 4.75. The molecule has 1 aliphatic heterocycles. The number of hydrogen-bond acceptors (Lipinski definition) is 4. The standard InChI is InChI=1S/C26H31NO2S/c1-7-9-18-15-23-22(25(3,4)17-26(5,6)30-23)14-19(18)10-12-21-13-11-20(16-27-21)24(28)29-8-2/h11,13-16H,7-9,17H2,1-6H3. The van der Waals surface area contributed by atoms with E-state index in [1.165, 1.54) is 22.2 Å². The van der Waals surface area contributed by atoms with Crippen LogP contribution in [-0.4, -0.2) is 22.3 Å². The first-order chi connectivity index (χ1) is 14.1. The van der Waals surface area contributed by atoms with Gasteiger partial charge in [0.2, 0.25) is 0 Å². The molecule has 1 aromatic heterocycles. The van der Waals surface area contributed by atoms with Crippen LogP contribution in [0.4, 0.5) is 0 Å². The number of nitrogens with zero attached hydrogens (tertiary/aromatic N) is 1. The molecule has 1 aliphatic rings. The number of fused-ring (bicyclic) bond motifs is 1. The molecule has 2 heterocycles. The van der Waals surface area contributed by atoms with E-state index in [1.54, 1.807) is 19.1 Å². The lowest BCUT2D eigenvalue weighted by Gasteiger charge is -2.42. The predicted molar refractivity (Wildman–Crippen MR) is 124 cm³/mol. The number of aromatic nitrogens is 1. The third-order valence-electron chi connectivity index (χ3n) is 5.31. The molecular weight excluding hydrogens is 390 g/mol. The van der Waals surface area contributed by atoms with E-state index in [1.807, 2.05) is 11.8 Å². The van der Waals surface area contributed by atoms with Gasteiger partial charge in [-0.25, -0.2) is 9.78 Å².